The molecule has 0 fully saturated rings. The molecular formula is C13H15NO2. The van der Waals surface area contributed by atoms with Crippen LogP contribution in [-0.2, 0) is 11.2 Å². The Kier molecular flexibility index (Phi) is 4.53. The highest BCUT2D eigenvalue weighted by atomic mass is 16.5. The van der Waals surface area contributed by atoms with Gasteiger partial charge in [-0.15, -0.1) is 0 Å². The Morgan fingerprint density at radius 1 is 1.44 bits per heavy atom. The lowest BCUT2D eigenvalue weighted by Gasteiger charge is -2.07. The minimum atomic E-state index is -0.442. The molecule has 0 heterocycles. The van der Waals surface area contributed by atoms with Crippen molar-refractivity contribution in [3.63, 3.8) is 0 Å². The van der Waals surface area contributed by atoms with E-state index < -0.39 is 6.10 Å². The summed E-state index contributed by atoms with van der Waals surface area (Å²) in [5.74, 6) is 0.874. The molecule has 0 N–H and O–H groups in total. The van der Waals surface area contributed by atoms with Crippen molar-refractivity contribution in [2.45, 2.75) is 32.8 Å². The summed E-state index contributed by atoms with van der Waals surface area (Å²) in [5.41, 5.74) is 1.10. The topological polar surface area (TPSA) is 50.1 Å². The van der Waals surface area contributed by atoms with Crippen LogP contribution >= 0.6 is 0 Å². The van der Waals surface area contributed by atoms with Gasteiger partial charge in [-0.1, -0.05) is 12.1 Å². The van der Waals surface area contributed by atoms with Gasteiger partial charge in [0, 0.05) is 6.42 Å². The molecule has 1 aromatic rings. The normalized spacial score (nSPS) is 11.6. The summed E-state index contributed by atoms with van der Waals surface area (Å²) in [6.45, 7) is 3.29. The average Bonchev–Trinajstić information content (AvgIpc) is 2.28. The zero-order valence-electron chi connectivity index (χ0n) is 9.56. The lowest BCUT2D eigenvalue weighted by atomic mass is 10.1. The van der Waals surface area contributed by atoms with Crippen LogP contribution in [-0.4, -0.2) is 11.9 Å². The van der Waals surface area contributed by atoms with Gasteiger partial charge in [-0.05, 0) is 38.0 Å². The van der Waals surface area contributed by atoms with Crippen molar-refractivity contribution in [1.29, 1.82) is 5.26 Å². The van der Waals surface area contributed by atoms with Gasteiger partial charge in [-0.2, -0.15) is 5.26 Å². The monoisotopic (exact) mass is 217 g/mol. The van der Waals surface area contributed by atoms with Crippen LogP contribution < -0.4 is 4.74 Å². The fourth-order valence-electron chi connectivity index (χ4n) is 1.29. The molecule has 0 aliphatic rings. The van der Waals surface area contributed by atoms with Crippen molar-refractivity contribution in [2.24, 2.45) is 0 Å². The van der Waals surface area contributed by atoms with E-state index in [9.17, 15) is 4.79 Å². The molecule has 0 aromatic heterocycles. The van der Waals surface area contributed by atoms with E-state index in [1.165, 1.54) is 0 Å². The summed E-state index contributed by atoms with van der Waals surface area (Å²) >= 11 is 0. The minimum absolute atomic E-state index is 0.193. The number of nitrogens with zero attached hydrogens (tertiary/aromatic N) is 1. The second-order valence-electron chi connectivity index (χ2n) is 3.74. The number of hydrogen-bond donors (Lipinski definition) is 0. The highest BCUT2D eigenvalue weighted by molar-refractivity contribution is 5.75. The maximum atomic E-state index is 10.8. The van der Waals surface area contributed by atoms with E-state index in [1.54, 1.807) is 13.8 Å². The molecule has 1 aromatic carbocycles. The van der Waals surface area contributed by atoms with Gasteiger partial charge in [0.2, 0.25) is 0 Å². The average molecular weight is 217 g/mol. The first-order valence-electron chi connectivity index (χ1n) is 5.26. The predicted octanol–water partition coefficient (Wildman–Crippen LogP) is 2.50. The zero-order valence-corrected chi connectivity index (χ0v) is 9.56. The number of benzene rings is 1. The fraction of sp³-hybridized carbons (Fsp3) is 0.385. The zero-order chi connectivity index (χ0) is 12.0. The van der Waals surface area contributed by atoms with Gasteiger partial charge in [0.05, 0.1) is 0 Å². The van der Waals surface area contributed by atoms with Crippen molar-refractivity contribution >= 4 is 5.78 Å². The van der Waals surface area contributed by atoms with Gasteiger partial charge < -0.3 is 9.53 Å². The van der Waals surface area contributed by atoms with Crippen molar-refractivity contribution < 1.29 is 9.53 Å². The quantitative estimate of drug-likeness (QED) is 0.761. The Hall–Kier alpha value is -1.82. The standard InChI is InChI=1S/C13H15NO2/c1-10(15)3-4-12-5-7-13(8-6-12)16-11(2)9-14/h5-8,11H,3-4H2,1-2H3. The van der Waals surface area contributed by atoms with Crippen LogP contribution in [0.4, 0.5) is 0 Å². The van der Waals surface area contributed by atoms with Gasteiger partial charge >= 0.3 is 0 Å². The van der Waals surface area contributed by atoms with Crippen LogP contribution in [0.2, 0.25) is 0 Å². The molecule has 0 amide bonds. The number of carbonyl (C=O) groups excluding carboxylic acids is 1. The van der Waals surface area contributed by atoms with Crippen LogP contribution in [0.1, 0.15) is 25.8 Å². The summed E-state index contributed by atoms with van der Waals surface area (Å²) in [4.78, 5) is 10.8. The molecule has 84 valence electrons. The first-order chi connectivity index (χ1) is 7.61. The molecule has 1 atom stereocenters. The van der Waals surface area contributed by atoms with Gasteiger partial charge in [-0.25, -0.2) is 0 Å². The fourth-order valence-corrected chi connectivity index (χ4v) is 1.29. The van der Waals surface area contributed by atoms with Crippen LogP contribution in [0.25, 0.3) is 0 Å². The van der Waals surface area contributed by atoms with Crippen LogP contribution in [0.3, 0.4) is 0 Å². The molecular weight excluding hydrogens is 202 g/mol. The molecule has 3 nitrogen and oxygen atoms in total. The number of ketones is 1. The second kappa shape index (κ2) is 5.92. The molecule has 0 radical (unpaired) electrons. The molecule has 0 aliphatic heterocycles. The van der Waals surface area contributed by atoms with Gasteiger partial charge in [0.15, 0.2) is 6.10 Å². The van der Waals surface area contributed by atoms with Crippen molar-refractivity contribution in [3.8, 4) is 11.8 Å². The van der Waals surface area contributed by atoms with E-state index in [0.717, 1.165) is 12.0 Å². The number of nitriles is 1. The van der Waals surface area contributed by atoms with Crippen LogP contribution in [0.5, 0.6) is 5.75 Å². The lowest BCUT2D eigenvalue weighted by Crippen LogP contribution is -2.07. The number of ether oxygens (including phenoxy) is 1. The highest BCUT2D eigenvalue weighted by Crippen LogP contribution is 2.14. The van der Waals surface area contributed by atoms with E-state index in [2.05, 4.69) is 0 Å². The molecule has 1 unspecified atom stereocenters. The Morgan fingerprint density at radius 3 is 2.56 bits per heavy atom. The number of rotatable bonds is 5. The smallest absolute Gasteiger partial charge is 0.181 e. The van der Waals surface area contributed by atoms with Crippen molar-refractivity contribution in [3.05, 3.63) is 29.8 Å². The minimum Gasteiger partial charge on any atom is -0.476 e. The summed E-state index contributed by atoms with van der Waals surface area (Å²) in [6, 6.07) is 9.48. The maximum Gasteiger partial charge on any atom is 0.181 e. The number of carbonyl (C=O) groups is 1. The van der Waals surface area contributed by atoms with Crippen LogP contribution in [0, 0.1) is 11.3 Å². The SMILES string of the molecule is CC(=O)CCc1ccc(OC(C)C#N)cc1. The summed E-state index contributed by atoms with van der Waals surface area (Å²) in [7, 11) is 0. The Labute approximate surface area is 95.7 Å². The molecule has 16 heavy (non-hydrogen) atoms. The lowest BCUT2D eigenvalue weighted by molar-refractivity contribution is -0.116. The third-order valence-corrected chi connectivity index (χ3v) is 2.18. The molecule has 1 rings (SSSR count). The predicted molar refractivity (Wildman–Crippen MR) is 61.1 cm³/mol. The molecule has 3 heteroatoms. The summed E-state index contributed by atoms with van der Waals surface area (Å²) in [5, 5.41) is 8.58. The first kappa shape index (κ1) is 12.3. The number of Topliss-reactive ketones (excluding diaryl/α,β-unsaturated/α-hetero) is 1. The highest BCUT2D eigenvalue weighted by Gasteiger charge is 2.02. The second-order valence-corrected chi connectivity index (χ2v) is 3.74. The van der Waals surface area contributed by atoms with Crippen molar-refractivity contribution in [2.75, 3.05) is 0 Å². The van der Waals surface area contributed by atoms with Crippen molar-refractivity contribution in [1.82, 2.24) is 0 Å². The molecule has 0 saturated heterocycles. The Morgan fingerprint density at radius 2 is 2.06 bits per heavy atom. The van der Waals surface area contributed by atoms with Gasteiger partial charge in [0.25, 0.3) is 0 Å². The van der Waals surface area contributed by atoms with Gasteiger partial charge in [0.1, 0.15) is 17.6 Å². The summed E-state index contributed by atoms with van der Waals surface area (Å²) < 4.78 is 5.32. The van der Waals surface area contributed by atoms with E-state index in [1.807, 2.05) is 30.3 Å². The number of hydrogen-bond acceptors (Lipinski definition) is 3. The third kappa shape index (κ3) is 4.14. The first-order valence-corrected chi connectivity index (χ1v) is 5.26. The Bertz CT molecular complexity index is 389. The van der Waals surface area contributed by atoms with E-state index in [0.29, 0.717) is 12.2 Å². The molecule has 0 spiro atoms. The van der Waals surface area contributed by atoms with Gasteiger partial charge in [-0.3, -0.25) is 0 Å². The van der Waals surface area contributed by atoms with E-state index >= 15 is 0 Å². The van der Waals surface area contributed by atoms with Crippen LogP contribution in [0.15, 0.2) is 24.3 Å². The van der Waals surface area contributed by atoms with E-state index in [4.69, 9.17) is 10.00 Å². The number of aryl methyl sites for hydroxylation is 1. The summed E-state index contributed by atoms with van der Waals surface area (Å²) in [6.07, 6.45) is 0.876. The molecule has 0 aliphatic carbocycles. The van der Waals surface area contributed by atoms with E-state index in [-0.39, 0.29) is 5.78 Å². The largest absolute Gasteiger partial charge is 0.476 e. The third-order valence-electron chi connectivity index (χ3n) is 2.18. The maximum absolute atomic E-state index is 10.8. The molecule has 0 saturated carbocycles. The molecule has 0 bridgehead atoms. The Balaban J connectivity index is 2.54.